The Kier molecular flexibility index (Phi) is 8.55. The summed E-state index contributed by atoms with van der Waals surface area (Å²) < 4.78 is 0. The molecule has 0 saturated heterocycles. The lowest BCUT2D eigenvalue weighted by atomic mass is 10.2. The van der Waals surface area contributed by atoms with Gasteiger partial charge in [-0.1, -0.05) is 6.07 Å². The Morgan fingerprint density at radius 3 is 2.21 bits per heavy atom. The van der Waals surface area contributed by atoms with Gasteiger partial charge in [0, 0.05) is 12.1 Å². The van der Waals surface area contributed by atoms with Crippen molar-refractivity contribution in [3.8, 4) is 5.75 Å². The first-order valence-corrected chi connectivity index (χ1v) is 7.95. The number of benzene rings is 2. The van der Waals surface area contributed by atoms with Gasteiger partial charge in [0.2, 0.25) is 0 Å². The molecule has 9 nitrogen and oxygen atoms in total. The number of hydrogen-bond donors (Lipinski definition) is 4. The first kappa shape index (κ1) is 22.0. The third-order valence-electron chi connectivity index (χ3n) is 3.22. The molecule has 28 heavy (non-hydrogen) atoms. The van der Waals surface area contributed by atoms with E-state index in [0.29, 0.717) is 5.69 Å². The topological polar surface area (TPSA) is 149 Å². The van der Waals surface area contributed by atoms with Gasteiger partial charge in [-0.15, -0.1) is 13.2 Å². The Balaban J connectivity index is 0.00000190. The molecule has 0 unspecified atom stereocenters. The van der Waals surface area contributed by atoms with Gasteiger partial charge in [-0.05, 0) is 36.4 Å². The molecule has 1 amide bonds. The average molecular weight is 385 g/mol. The lowest BCUT2D eigenvalue weighted by Gasteiger charge is -2.04. The van der Waals surface area contributed by atoms with Crippen LogP contribution in [0, 0.1) is 0 Å². The van der Waals surface area contributed by atoms with Gasteiger partial charge in [0.15, 0.2) is 0 Å². The lowest BCUT2D eigenvalue weighted by molar-refractivity contribution is -0.136. The maximum absolute atomic E-state index is 11.9. The number of carbonyl (C=O) groups excluding carboxylic acids is 1. The Morgan fingerprint density at radius 2 is 1.61 bits per heavy atom. The summed E-state index contributed by atoms with van der Waals surface area (Å²) in [7, 11) is 0. The van der Waals surface area contributed by atoms with Crippen molar-refractivity contribution in [1.29, 1.82) is 0 Å². The average Bonchev–Trinajstić information content (AvgIpc) is 2.68. The summed E-state index contributed by atoms with van der Waals surface area (Å²) in [5, 5.41) is 37.3. The molecule has 0 aliphatic heterocycles. The smallest absolute Gasteiger partial charge is 0.339 e. The molecule has 2 aromatic carbocycles. The van der Waals surface area contributed by atoms with Gasteiger partial charge in [0.1, 0.15) is 11.3 Å². The third-order valence-corrected chi connectivity index (χ3v) is 3.22. The van der Waals surface area contributed by atoms with E-state index in [0.717, 1.165) is 0 Å². The quantitative estimate of drug-likeness (QED) is 0.423. The number of aromatic carboxylic acids is 1. The number of amides is 1. The maximum atomic E-state index is 11.9. The monoisotopic (exact) mass is 385 g/mol. The predicted molar refractivity (Wildman–Crippen MR) is 102 cm³/mol. The summed E-state index contributed by atoms with van der Waals surface area (Å²) >= 11 is 0. The number of aliphatic carboxylic acids is 1. The minimum atomic E-state index is -1.29. The highest BCUT2D eigenvalue weighted by Crippen LogP contribution is 2.25. The number of hydrogen-bond acceptors (Lipinski definition) is 6. The SMILES string of the molecule is C=C.O=C(O)CCNC(=O)c1cccc(N=Nc2ccc(O)c(C(=O)O)c2)c1. The van der Waals surface area contributed by atoms with Gasteiger partial charge < -0.3 is 20.6 Å². The molecule has 0 aromatic heterocycles. The number of aromatic hydroxyl groups is 1. The number of carbonyl (C=O) groups is 3. The number of nitrogens with one attached hydrogen (secondary N) is 1. The van der Waals surface area contributed by atoms with Crippen molar-refractivity contribution in [1.82, 2.24) is 5.32 Å². The van der Waals surface area contributed by atoms with Crippen LogP contribution < -0.4 is 5.32 Å². The molecule has 9 heteroatoms. The summed E-state index contributed by atoms with van der Waals surface area (Å²) in [6.07, 6.45) is -0.183. The molecule has 0 heterocycles. The van der Waals surface area contributed by atoms with Gasteiger partial charge in [0.05, 0.1) is 17.8 Å². The molecule has 0 atom stereocenters. The van der Waals surface area contributed by atoms with Crippen LogP contribution in [-0.4, -0.2) is 39.7 Å². The zero-order valence-corrected chi connectivity index (χ0v) is 14.8. The van der Waals surface area contributed by atoms with Crippen molar-refractivity contribution in [2.45, 2.75) is 6.42 Å². The van der Waals surface area contributed by atoms with Crippen molar-refractivity contribution < 1.29 is 29.7 Å². The van der Waals surface area contributed by atoms with Gasteiger partial charge in [-0.2, -0.15) is 10.2 Å². The molecule has 146 valence electrons. The van der Waals surface area contributed by atoms with Gasteiger partial charge in [-0.25, -0.2) is 4.79 Å². The standard InChI is InChI=1S/C17H15N3O6.C2H4/c21-14-5-4-12(9-13(14)17(25)26)20-19-11-3-1-2-10(8-11)16(24)18-7-6-15(22)23;1-2/h1-5,8-9,21H,6-7H2,(H,18,24)(H,22,23)(H,25,26);1-2H2. The molecule has 0 saturated carbocycles. The van der Waals surface area contributed by atoms with E-state index in [1.165, 1.54) is 30.3 Å². The van der Waals surface area contributed by atoms with Crippen LogP contribution >= 0.6 is 0 Å². The minimum Gasteiger partial charge on any atom is -0.507 e. The number of rotatable bonds is 7. The number of carboxylic acids is 2. The Morgan fingerprint density at radius 1 is 0.964 bits per heavy atom. The predicted octanol–water partition coefficient (Wildman–Crippen LogP) is 3.51. The number of carboxylic acid groups (broad SMARTS) is 2. The minimum absolute atomic E-state index is 0.00534. The van der Waals surface area contributed by atoms with E-state index in [2.05, 4.69) is 28.7 Å². The molecule has 2 aromatic rings. The van der Waals surface area contributed by atoms with Crippen molar-refractivity contribution in [3.05, 3.63) is 66.7 Å². The van der Waals surface area contributed by atoms with Crippen LogP contribution in [0.25, 0.3) is 0 Å². The number of phenols is 1. The molecule has 4 N–H and O–H groups in total. The lowest BCUT2D eigenvalue weighted by Crippen LogP contribution is -2.25. The summed E-state index contributed by atoms with van der Waals surface area (Å²) in [5.41, 5.74) is 0.550. The van der Waals surface area contributed by atoms with Gasteiger partial charge >= 0.3 is 11.9 Å². The second-order valence-corrected chi connectivity index (χ2v) is 5.16. The molecule has 0 aliphatic rings. The fraction of sp³-hybridized carbons (Fsp3) is 0.105. The Bertz CT molecular complexity index is 895. The van der Waals surface area contributed by atoms with Crippen LogP contribution in [0.5, 0.6) is 5.75 Å². The van der Waals surface area contributed by atoms with E-state index in [1.807, 2.05) is 0 Å². The summed E-state index contributed by atoms with van der Waals surface area (Å²) in [4.78, 5) is 33.4. The van der Waals surface area contributed by atoms with Crippen LogP contribution in [0.4, 0.5) is 11.4 Å². The molecular weight excluding hydrogens is 366 g/mol. The van der Waals surface area contributed by atoms with Crippen molar-refractivity contribution >= 4 is 29.2 Å². The first-order valence-electron chi connectivity index (χ1n) is 7.95. The van der Waals surface area contributed by atoms with Gasteiger partial charge in [0.25, 0.3) is 5.91 Å². The molecular formula is C19H19N3O6. The normalized spacial score (nSPS) is 10.0. The van der Waals surface area contributed by atoms with E-state index in [9.17, 15) is 19.5 Å². The Hall–Kier alpha value is -4.01. The number of nitrogens with zero attached hydrogens (tertiary/aromatic N) is 2. The highest BCUT2D eigenvalue weighted by Gasteiger charge is 2.10. The van der Waals surface area contributed by atoms with Gasteiger partial charge in [-0.3, -0.25) is 9.59 Å². The summed E-state index contributed by atoms with van der Waals surface area (Å²) in [6.45, 7) is 6.01. The molecule has 2 rings (SSSR count). The highest BCUT2D eigenvalue weighted by molar-refractivity contribution is 5.95. The number of azo groups is 1. The van der Waals surface area contributed by atoms with Crippen molar-refractivity contribution in [2.24, 2.45) is 10.2 Å². The van der Waals surface area contributed by atoms with E-state index >= 15 is 0 Å². The largest absolute Gasteiger partial charge is 0.507 e. The first-order chi connectivity index (χ1) is 13.4. The van der Waals surface area contributed by atoms with Crippen LogP contribution in [0.1, 0.15) is 27.1 Å². The van der Waals surface area contributed by atoms with E-state index in [1.54, 1.807) is 12.1 Å². The van der Waals surface area contributed by atoms with Crippen LogP contribution in [-0.2, 0) is 4.79 Å². The van der Waals surface area contributed by atoms with Crippen LogP contribution in [0.3, 0.4) is 0 Å². The molecule has 0 fully saturated rings. The van der Waals surface area contributed by atoms with Crippen LogP contribution in [0.15, 0.2) is 65.9 Å². The third kappa shape index (κ3) is 6.71. The molecule has 0 radical (unpaired) electrons. The van der Waals surface area contributed by atoms with Crippen molar-refractivity contribution in [3.63, 3.8) is 0 Å². The second-order valence-electron chi connectivity index (χ2n) is 5.16. The van der Waals surface area contributed by atoms with E-state index in [4.69, 9.17) is 10.2 Å². The van der Waals surface area contributed by atoms with Crippen LogP contribution in [0.2, 0.25) is 0 Å². The molecule has 0 aliphatic carbocycles. The zero-order chi connectivity index (χ0) is 21.1. The molecule has 0 spiro atoms. The fourth-order valence-electron chi connectivity index (χ4n) is 1.97. The fourth-order valence-corrected chi connectivity index (χ4v) is 1.97. The summed E-state index contributed by atoms with van der Waals surface area (Å²) in [6, 6.07) is 9.94. The van der Waals surface area contributed by atoms with E-state index < -0.39 is 17.8 Å². The maximum Gasteiger partial charge on any atom is 0.339 e. The van der Waals surface area contributed by atoms with Crippen molar-refractivity contribution in [2.75, 3.05) is 6.54 Å². The zero-order valence-electron chi connectivity index (χ0n) is 14.8. The molecule has 0 bridgehead atoms. The highest BCUT2D eigenvalue weighted by atomic mass is 16.4. The summed E-state index contributed by atoms with van der Waals surface area (Å²) in [5.74, 6) is -3.13. The Labute approximate surface area is 160 Å². The second kappa shape index (κ2) is 10.9. The van der Waals surface area contributed by atoms with E-state index in [-0.39, 0.29) is 35.5 Å².